The molecule has 1 heterocycles. The molecule has 0 saturated carbocycles. The molecule has 7 heteroatoms. The van der Waals surface area contributed by atoms with E-state index in [0.29, 0.717) is 24.7 Å². The van der Waals surface area contributed by atoms with E-state index in [9.17, 15) is 14.9 Å². The molecule has 0 unspecified atom stereocenters. The van der Waals surface area contributed by atoms with Gasteiger partial charge in [0, 0.05) is 6.08 Å². The summed E-state index contributed by atoms with van der Waals surface area (Å²) < 4.78 is 10.5. The summed E-state index contributed by atoms with van der Waals surface area (Å²) in [5.41, 5.74) is -0.0663. The molecule has 2 rings (SSSR count). The highest BCUT2D eigenvalue weighted by atomic mass is 16.6. The summed E-state index contributed by atoms with van der Waals surface area (Å²) in [7, 11) is 0. The number of fused-ring (bicyclic) bond motifs is 1. The minimum absolute atomic E-state index is 0.159. The zero-order chi connectivity index (χ0) is 13.1. The van der Waals surface area contributed by atoms with E-state index in [2.05, 4.69) is 0 Å². The van der Waals surface area contributed by atoms with E-state index in [1.165, 1.54) is 12.1 Å². The van der Waals surface area contributed by atoms with Gasteiger partial charge in [0.1, 0.15) is 13.2 Å². The molecule has 0 amide bonds. The largest absolute Gasteiger partial charge is 0.486 e. The molecule has 94 valence electrons. The molecule has 0 atom stereocenters. The van der Waals surface area contributed by atoms with Crippen LogP contribution in [0.4, 0.5) is 5.69 Å². The second-order valence-electron chi connectivity index (χ2n) is 3.48. The number of aliphatic carboxylic acids is 1. The second-order valence-corrected chi connectivity index (χ2v) is 3.48. The first-order valence-corrected chi connectivity index (χ1v) is 5.07. The second kappa shape index (κ2) is 4.74. The Kier molecular flexibility index (Phi) is 3.13. The van der Waals surface area contributed by atoms with Crippen molar-refractivity contribution in [1.29, 1.82) is 0 Å². The number of carboxylic acids is 1. The van der Waals surface area contributed by atoms with Gasteiger partial charge < -0.3 is 14.6 Å². The van der Waals surface area contributed by atoms with Gasteiger partial charge in [-0.15, -0.1) is 0 Å². The maximum absolute atomic E-state index is 10.9. The van der Waals surface area contributed by atoms with Crippen molar-refractivity contribution < 1.29 is 24.3 Å². The lowest BCUT2D eigenvalue weighted by molar-refractivity contribution is -0.385. The Bertz CT molecular complexity index is 537. The fourth-order valence-corrected chi connectivity index (χ4v) is 1.55. The molecule has 1 aliphatic heterocycles. The lowest BCUT2D eigenvalue weighted by Crippen LogP contribution is -2.15. The Morgan fingerprint density at radius 3 is 2.50 bits per heavy atom. The van der Waals surface area contributed by atoms with E-state index in [1.807, 2.05) is 0 Å². The van der Waals surface area contributed by atoms with Gasteiger partial charge in [-0.1, -0.05) is 0 Å². The van der Waals surface area contributed by atoms with E-state index in [-0.39, 0.29) is 11.3 Å². The van der Waals surface area contributed by atoms with Crippen LogP contribution in [0.3, 0.4) is 0 Å². The molecule has 1 N–H and O–H groups in total. The molecule has 0 aromatic heterocycles. The fourth-order valence-electron chi connectivity index (χ4n) is 1.55. The number of rotatable bonds is 3. The zero-order valence-electron chi connectivity index (χ0n) is 9.16. The van der Waals surface area contributed by atoms with Crippen LogP contribution in [0.25, 0.3) is 6.08 Å². The van der Waals surface area contributed by atoms with E-state index < -0.39 is 10.9 Å². The Hall–Kier alpha value is -2.57. The fraction of sp³-hybridized carbons (Fsp3) is 0.182. The van der Waals surface area contributed by atoms with Gasteiger partial charge in [0.2, 0.25) is 0 Å². The molecule has 1 aromatic carbocycles. The Balaban J connectivity index is 2.48. The number of nitro benzene ring substituents is 1. The van der Waals surface area contributed by atoms with Gasteiger partial charge in [0.15, 0.2) is 11.5 Å². The molecule has 1 aliphatic rings. The van der Waals surface area contributed by atoms with Gasteiger partial charge >= 0.3 is 5.97 Å². The van der Waals surface area contributed by atoms with E-state index in [4.69, 9.17) is 14.6 Å². The van der Waals surface area contributed by atoms with Crippen molar-refractivity contribution in [3.63, 3.8) is 0 Å². The summed E-state index contributed by atoms with van der Waals surface area (Å²) in [6.07, 6.45) is 1.98. The summed E-state index contributed by atoms with van der Waals surface area (Å²) in [5, 5.41) is 19.4. The van der Waals surface area contributed by atoms with Crippen molar-refractivity contribution in [2.24, 2.45) is 0 Å². The number of benzene rings is 1. The lowest BCUT2D eigenvalue weighted by Gasteiger charge is -2.18. The predicted octanol–water partition coefficient (Wildman–Crippen LogP) is 1.46. The topological polar surface area (TPSA) is 98.9 Å². The van der Waals surface area contributed by atoms with Gasteiger partial charge in [-0.3, -0.25) is 10.1 Å². The van der Waals surface area contributed by atoms with Crippen LogP contribution in [-0.4, -0.2) is 29.2 Å². The van der Waals surface area contributed by atoms with Crippen LogP contribution < -0.4 is 9.47 Å². The van der Waals surface area contributed by atoms with E-state index in [0.717, 1.165) is 12.2 Å². The highest BCUT2D eigenvalue weighted by Gasteiger charge is 2.20. The SMILES string of the molecule is O=C(O)C=Cc1cc2c(cc1[N+](=O)[O-])OCCO2. The summed E-state index contributed by atoms with van der Waals surface area (Å²) in [4.78, 5) is 20.7. The lowest BCUT2D eigenvalue weighted by atomic mass is 10.1. The Labute approximate surface area is 101 Å². The molecule has 0 saturated heterocycles. The molecule has 18 heavy (non-hydrogen) atoms. The van der Waals surface area contributed by atoms with Crippen LogP contribution in [0, 0.1) is 10.1 Å². The minimum atomic E-state index is -1.18. The number of nitro groups is 1. The maximum atomic E-state index is 10.9. The van der Waals surface area contributed by atoms with Crippen LogP contribution in [0.2, 0.25) is 0 Å². The average molecular weight is 251 g/mol. The number of carbonyl (C=O) groups is 1. The monoisotopic (exact) mass is 251 g/mol. The van der Waals surface area contributed by atoms with Crippen molar-refractivity contribution in [2.75, 3.05) is 13.2 Å². The van der Waals surface area contributed by atoms with Crippen LogP contribution >= 0.6 is 0 Å². The first-order valence-electron chi connectivity index (χ1n) is 5.07. The first kappa shape index (κ1) is 11.9. The summed E-state index contributed by atoms with van der Waals surface area (Å²) >= 11 is 0. The van der Waals surface area contributed by atoms with Gasteiger partial charge in [-0.25, -0.2) is 4.79 Å². The van der Waals surface area contributed by atoms with Gasteiger partial charge in [-0.2, -0.15) is 0 Å². The molecule has 0 radical (unpaired) electrons. The molecule has 0 spiro atoms. The molecule has 0 aliphatic carbocycles. The van der Waals surface area contributed by atoms with Crippen molar-refractivity contribution in [3.8, 4) is 11.5 Å². The Morgan fingerprint density at radius 2 is 1.94 bits per heavy atom. The van der Waals surface area contributed by atoms with Crippen molar-refractivity contribution >= 4 is 17.7 Å². The summed E-state index contributed by atoms with van der Waals surface area (Å²) in [6.45, 7) is 0.682. The van der Waals surface area contributed by atoms with Crippen LogP contribution in [0.5, 0.6) is 11.5 Å². The molecule has 1 aromatic rings. The van der Waals surface area contributed by atoms with Crippen molar-refractivity contribution in [2.45, 2.75) is 0 Å². The first-order chi connectivity index (χ1) is 8.58. The normalized spacial score (nSPS) is 13.6. The molecule has 0 bridgehead atoms. The van der Waals surface area contributed by atoms with Gasteiger partial charge in [-0.05, 0) is 12.1 Å². The van der Waals surface area contributed by atoms with E-state index >= 15 is 0 Å². The number of ether oxygens (including phenoxy) is 2. The van der Waals surface area contributed by atoms with Crippen LogP contribution in [0.15, 0.2) is 18.2 Å². The minimum Gasteiger partial charge on any atom is -0.486 e. The number of carboxylic acid groups (broad SMARTS) is 1. The van der Waals surface area contributed by atoms with Crippen LogP contribution in [-0.2, 0) is 4.79 Å². The molecule has 0 fully saturated rings. The summed E-state index contributed by atoms with van der Waals surface area (Å²) in [6, 6.07) is 2.63. The summed E-state index contributed by atoms with van der Waals surface area (Å²) in [5.74, 6) is -0.517. The van der Waals surface area contributed by atoms with E-state index in [1.54, 1.807) is 0 Å². The highest BCUT2D eigenvalue weighted by Crippen LogP contribution is 2.37. The third kappa shape index (κ3) is 2.40. The van der Waals surface area contributed by atoms with Gasteiger partial charge in [0.05, 0.1) is 16.6 Å². The molecular weight excluding hydrogens is 242 g/mol. The third-order valence-electron chi connectivity index (χ3n) is 2.29. The standard InChI is InChI=1S/C11H9NO6/c13-11(14)2-1-7-5-9-10(18-4-3-17-9)6-8(7)12(15)16/h1-2,5-6H,3-4H2,(H,13,14). The number of hydrogen-bond donors (Lipinski definition) is 1. The predicted molar refractivity (Wildman–Crippen MR) is 60.8 cm³/mol. The Morgan fingerprint density at radius 1 is 1.33 bits per heavy atom. The van der Waals surface area contributed by atoms with Gasteiger partial charge in [0.25, 0.3) is 5.69 Å². The van der Waals surface area contributed by atoms with Crippen molar-refractivity contribution in [1.82, 2.24) is 0 Å². The average Bonchev–Trinajstić information content (AvgIpc) is 2.35. The molecular formula is C11H9NO6. The third-order valence-corrected chi connectivity index (χ3v) is 2.29. The zero-order valence-corrected chi connectivity index (χ0v) is 9.16. The highest BCUT2D eigenvalue weighted by molar-refractivity contribution is 5.86. The number of nitrogens with zero attached hydrogens (tertiary/aromatic N) is 1. The van der Waals surface area contributed by atoms with Crippen molar-refractivity contribution in [3.05, 3.63) is 33.9 Å². The quantitative estimate of drug-likeness (QED) is 0.496. The molecule has 7 nitrogen and oxygen atoms in total. The van der Waals surface area contributed by atoms with Crippen LogP contribution in [0.1, 0.15) is 5.56 Å². The maximum Gasteiger partial charge on any atom is 0.328 e. The number of hydrogen-bond acceptors (Lipinski definition) is 5. The smallest absolute Gasteiger partial charge is 0.328 e.